The van der Waals surface area contributed by atoms with E-state index in [2.05, 4.69) is 48.1 Å². The van der Waals surface area contributed by atoms with Crippen molar-refractivity contribution in [3.63, 3.8) is 0 Å². The minimum Gasteiger partial charge on any atom is -0.0999 e. The van der Waals surface area contributed by atoms with Gasteiger partial charge in [0.2, 0.25) is 0 Å². The molecule has 0 spiro atoms. The van der Waals surface area contributed by atoms with Crippen LogP contribution in [0.1, 0.15) is 80.1 Å². The summed E-state index contributed by atoms with van der Waals surface area (Å²) >= 11 is 0. The fraction of sp³-hybridized carbons (Fsp3) is 0.882. The lowest BCUT2D eigenvalue weighted by atomic mass is 9.78. The first-order valence-corrected chi connectivity index (χ1v) is 7.43. The first kappa shape index (κ1) is 16.7. The third kappa shape index (κ3) is 9.44. The molecule has 0 fully saturated rings. The van der Waals surface area contributed by atoms with Gasteiger partial charge in [0.05, 0.1) is 0 Å². The molecule has 0 bridgehead atoms. The van der Waals surface area contributed by atoms with Crippen LogP contribution in [-0.2, 0) is 0 Å². The summed E-state index contributed by atoms with van der Waals surface area (Å²) in [5, 5.41) is 0. The lowest BCUT2D eigenvalue weighted by Gasteiger charge is -2.27. The van der Waals surface area contributed by atoms with E-state index in [1.807, 2.05) is 0 Å². The molecule has 0 amide bonds. The molecule has 0 saturated carbocycles. The van der Waals surface area contributed by atoms with E-state index in [-0.39, 0.29) is 0 Å². The van der Waals surface area contributed by atoms with Crippen molar-refractivity contribution >= 4 is 0 Å². The second-order valence-corrected chi connectivity index (χ2v) is 7.11. The van der Waals surface area contributed by atoms with Crippen LogP contribution in [0.25, 0.3) is 0 Å². The quantitative estimate of drug-likeness (QED) is 0.440. The number of hydrogen-bond acceptors (Lipinski definition) is 0. The van der Waals surface area contributed by atoms with Crippen LogP contribution in [0.2, 0.25) is 0 Å². The van der Waals surface area contributed by atoms with Crippen molar-refractivity contribution < 1.29 is 0 Å². The van der Waals surface area contributed by atoms with Crippen molar-refractivity contribution in [2.45, 2.75) is 80.1 Å². The van der Waals surface area contributed by atoms with E-state index in [1.165, 1.54) is 44.1 Å². The molecule has 0 nitrogen and oxygen atoms in total. The lowest BCUT2D eigenvalue weighted by Crippen LogP contribution is -2.16. The molecule has 0 heterocycles. The zero-order valence-corrected chi connectivity index (χ0v) is 13.1. The average molecular weight is 238 g/mol. The molecule has 2 unspecified atom stereocenters. The molecule has 0 aliphatic carbocycles. The van der Waals surface area contributed by atoms with Crippen LogP contribution in [-0.4, -0.2) is 0 Å². The average Bonchev–Trinajstić information content (AvgIpc) is 2.15. The van der Waals surface area contributed by atoms with Gasteiger partial charge >= 0.3 is 0 Å². The molecule has 2 atom stereocenters. The van der Waals surface area contributed by atoms with E-state index < -0.39 is 0 Å². The molecule has 0 radical (unpaired) electrons. The van der Waals surface area contributed by atoms with Crippen LogP contribution in [0.4, 0.5) is 0 Å². The van der Waals surface area contributed by atoms with Gasteiger partial charge in [-0.25, -0.2) is 0 Å². The van der Waals surface area contributed by atoms with Gasteiger partial charge in [-0.15, -0.1) is 0 Å². The van der Waals surface area contributed by atoms with Crippen LogP contribution in [0.3, 0.4) is 0 Å². The van der Waals surface area contributed by atoms with E-state index in [1.54, 1.807) is 0 Å². The summed E-state index contributed by atoms with van der Waals surface area (Å²) in [4.78, 5) is 0. The molecule has 0 aromatic carbocycles. The molecule has 0 aromatic heterocycles. The predicted molar refractivity (Wildman–Crippen MR) is 80.3 cm³/mol. The Morgan fingerprint density at radius 1 is 1.06 bits per heavy atom. The summed E-state index contributed by atoms with van der Waals surface area (Å²) in [6.07, 6.45) is 7.72. The van der Waals surface area contributed by atoms with Crippen molar-refractivity contribution in [1.29, 1.82) is 0 Å². The van der Waals surface area contributed by atoms with Gasteiger partial charge in [-0.3, -0.25) is 0 Å². The Hall–Kier alpha value is -0.260. The van der Waals surface area contributed by atoms with Gasteiger partial charge in [0.1, 0.15) is 0 Å². The van der Waals surface area contributed by atoms with E-state index in [4.69, 9.17) is 0 Å². The fourth-order valence-electron chi connectivity index (χ4n) is 2.60. The maximum atomic E-state index is 4.15. The van der Waals surface area contributed by atoms with E-state index in [0.29, 0.717) is 5.41 Å². The molecule has 0 aliphatic heterocycles. The maximum absolute atomic E-state index is 4.15. The Morgan fingerprint density at radius 2 is 1.65 bits per heavy atom. The topological polar surface area (TPSA) is 0 Å². The summed E-state index contributed by atoms with van der Waals surface area (Å²) in [5.41, 5.74) is 1.92. The zero-order chi connectivity index (χ0) is 13.5. The highest BCUT2D eigenvalue weighted by Gasteiger charge is 2.19. The summed E-state index contributed by atoms with van der Waals surface area (Å²) in [6, 6.07) is 0. The van der Waals surface area contributed by atoms with Crippen molar-refractivity contribution in [2.75, 3.05) is 0 Å². The van der Waals surface area contributed by atoms with Gasteiger partial charge in [0, 0.05) is 0 Å². The third-order valence-corrected chi connectivity index (χ3v) is 3.70. The normalized spacial score (nSPS) is 15.6. The Kier molecular flexibility index (Phi) is 7.83. The van der Waals surface area contributed by atoms with Gasteiger partial charge in [-0.1, -0.05) is 66.5 Å². The van der Waals surface area contributed by atoms with E-state index >= 15 is 0 Å². The SMILES string of the molecule is C=C(CCC)CCCC(C)C(C)CC(C)(C)C. The van der Waals surface area contributed by atoms with E-state index in [0.717, 1.165) is 11.8 Å². The monoisotopic (exact) mass is 238 g/mol. The number of rotatable bonds is 8. The number of hydrogen-bond donors (Lipinski definition) is 0. The minimum absolute atomic E-state index is 0.472. The summed E-state index contributed by atoms with van der Waals surface area (Å²) < 4.78 is 0. The van der Waals surface area contributed by atoms with Gasteiger partial charge in [0.25, 0.3) is 0 Å². The van der Waals surface area contributed by atoms with Crippen LogP contribution in [0.15, 0.2) is 12.2 Å². The van der Waals surface area contributed by atoms with Crippen LogP contribution in [0, 0.1) is 17.3 Å². The molecule has 0 heteroatoms. The van der Waals surface area contributed by atoms with Gasteiger partial charge < -0.3 is 0 Å². The van der Waals surface area contributed by atoms with Crippen LogP contribution >= 0.6 is 0 Å². The van der Waals surface area contributed by atoms with Crippen molar-refractivity contribution in [3.8, 4) is 0 Å². The summed E-state index contributed by atoms with van der Waals surface area (Å²) in [7, 11) is 0. The molecule has 0 aliphatic rings. The Morgan fingerprint density at radius 3 is 2.12 bits per heavy atom. The third-order valence-electron chi connectivity index (χ3n) is 3.70. The molecule has 0 rings (SSSR count). The second-order valence-electron chi connectivity index (χ2n) is 7.11. The van der Waals surface area contributed by atoms with Gasteiger partial charge in [-0.2, -0.15) is 0 Å². The van der Waals surface area contributed by atoms with Crippen molar-refractivity contribution in [3.05, 3.63) is 12.2 Å². The lowest BCUT2D eigenvalue weighted by molar-refractivity contribution is 0.239. The Balaban J connectivity index is 3.78. The first-order valence-electron chi connectivity index (χ1n) is 7.43. The Bertz CT molecular complexity index is 207. The molecule has 0 N–H and O–H groups in total. The highest BCUT2D eigenvalue weighted by molar-refractivity contribution is 4.93. The number of allylic oxidation sites excluding steroid dienone is 1. The smallest absolute Gasteiger partial charge is 0.0323 e. The Labute approximate surface area is 110 Å². The van der Waals surface area contributed by atoms with Crippen molar-refractivity contribution in [2.24, 2.45) is 17.3 Å². The highest BCUT2D eigenvalue weighted by atomic mass is 14.2. The van der Waals surface area contributed by atoms with Crippen LogP contribution < -0.4 is 0 Å². The zero-order valence-electron chi connectivity index (χ0n) is 13.1. The predicted octanol–water partition coefficient (Wildman–Crippen LogP) is 6.22. The molecule has 0 aromatic rings. The molecular weight excluding hydrogens is 204 g/mol. The molecule has 102 valence electrons. The van der Waals surface area contributed by atoms with Crippen LogP contribution in [0.5, 0.6) is 0 Å². The second kappa shape index (κ2) is 7.95. The van der Waals surface area contributed by atoms with Gasteiger partial charge in [-0.05, 0) is 42.9 Å². The molecular formula is C17H34. The van der Waals surface area contributed by atoms with E-state index in [9.17, 15) is 0 Å². The minimum atomic E-state index is 0.472. The standard InChI is InChI=1S/C17H34/c1-8-10-14(2)11-9-12-15(3)16(4)13-17(5,6)7/h15-16H,2,8-13H2,1,3-7H3. The van der Waals surface area contributed by atoms with Gasteiger partial charge in [0.15, 0.2) is 0 Å². The first-order chi connectivity index (χ1) is 7.76. The fourth-order valence-corrected chi connectivity index (χ4v) is 2.60. The largest absolute Gasteiger partial charge is 0.0999 e. The highest BCUT2D eigenvalue weighted by Crippen LogP contribution is 2.31. The maximum Gasteiger partial charge on any atom is -0.0323 e. The summed E-state index contributed by atoms with van der Waals surface area (Å²) in [5.74, 6) is 1.69. The molecule has 0 saturated heterocycles. The summed E-state index contributed by atoms with van der Waals surface area (Å²) in [6.45, 7) is 18.2. The van der Waals surface area contributed by atoms with Crippen molar-refractivity contribution in [1.82, 2.24) is 0 Å². The molecule has 17 heavy (non-hydrogen) atoms.